The molecule has 146 valence electrons. The first-order chi connectivity index (χ1) is 8.47. The van der Waals surface area contributed by atoms with E-state index < -0.39 is 0 Å². The molecule has 0 aromatic rings. The molecule has 0 aliphatic rings. The third-order valence-corrected chi connectivity index (χ3v) is 12.0. The molecule has 0 fully saturated rings. The Labute approximate surface area is 181 Å². The molecule has 0 rings (SSSR count). The topological polar surface area (TPSA) is 0 Å². The molecule has 0 atom stereocenters. The monoisotopic (exact) mass is 534 g/mol. The molecular formula is C18H40Br2NiP2. The summed E-state index contributed by atoms with van der Waals surface area (Å²) in [6.07, 6.45) is 2.87. The van der Waals surface area contributed by atoms with Gasteiger partial charge in [0, 0.05) is 0 Å². The SMILES string of the molecule is CC(C)(C)P(CCP(C(C)(C)C)C(C)(C)C)C(C)(C)C.[Br-].[Br-].[Ni+2]. The number of halogens is 2. The largest absolute Gasteiger partial charge is 2.00 e. The summed E-state index contributed by atoms with van der Waals surface area (Å²) in [5.41, 5.74) is 0. The molecule has 0 unspecified atom stereocenters. The molecule has 0 heterocycles. The Hall–Kier alpha value is 2.31. The molecule has 23 heavy (non-hydrogen) atoms. The predicted octanol–water partition coefficient (Wildman–Crippen LogP) is 1.15. The second kappa shape index (κ2) is 11.2. The van der Waals surface area contributed by atoms with Crippen LogP contribution in [0.4, 0.5) is 0 Å². The van der Waals surface area contributed by atoms with Crippen molar-refractivity contribution in [2.45, 2.75) is 104 Å². The summed E-state index contributed by atoms with van der Waals surface area (Å²) in [5.74, 6) is 0. The summed E-state index contributed by atoms with van der Waals surface area (Å²) < 4.78 is 0. The van der Waals surface area contributed by atoms with Gasteiger partial charge in [-0.3, -0.25) is 0 Å². The smallest absolute Gasteiger partial charge is 1.00 e. The summed E-state index contributed by atoms with van der Waals surface area (Å²) >= 11 is 0. The van der Waals surface area contributed by atoms with Gasteiger partial charge in [0.15, 0.2) is 0 Å². The standard InChI is InChI=1S/C18H40P2.2BrH.Ni/c1-15(2,3)19(16(4,5)6)13-14-20(17(7,8)9)18(10,11)12;;;/h13-14H2,1-12H3;2*1H;/q;;;+2/p-2. The van der Waals surface area contributed by atoms with Gasteiger partial charge in [0.25, 0.3) is 0 Å². The van der Waals surface area contributed by atoms with Gasteiger partial charge in [-0.1, -0.05) is 98.9 Å². The van der Waals surface area contributed by atoms with E-state index in [9.17, 15) is 0 Å². The predicted molar refractivity (Wildman–Crippen MR) is 103 cm³/mol. The molecule has 0 bridgehead atoms. The summed E-state index contributed by atoms with van der Waals surface area (Å²) in [6, 6.07) is 0. The Bertz CT molecular complexity index is 247. The van der Waals surface area contributed by atoms with Crippen molar-refractivity contribution in [2.75, 3.05) is 12.3 Å². The minimum absolute atomic E-state index is 0. The van der Waals surface area contributed by atoms with Gasteiger partial charge in [0.2, 0.25) is 0 Å². The fourth-order valence-electron chi connectivity index (χ4n) is 3.55. The third-order valence-electron chi connectivity index (χ3n) is 3.79. The van der Waals surface area contributed by atoms with E-state index in [-0.39, 0.29) is 66.3 Å². The van der Waals surface area contributed by atoms with Crippen LogP contribution in [0.15, 0.2) is 0 Å². The molecule has 5 heteroatoms. The van der Waals surface area contributed by atoms with E-state index in [0.29, 0.717) is 20.6 Å². The molecular weight excluding hydrogens is 497 g/mol. The molecule has 0 saturated carbocycles. The summed E-state index contributed by atoms with van der Waals surface area (Å²) in [6.45, 7) is 29.3. The van der Waals surface area contributed by atoms with Crippen LogP contribution in [-0.2, 0) is 16.5 Å². The zero-order valence-electron chi connectivity index (χ0n) is 17.4. The molecule has 0 aromatic carbocycles. The maximum Gasteiger partial charge on any atom is 2.00 e. The molecule has 0 spiro atoms. The van der Waals surface area contributed by atoms with Crippen molar-refractivity contribution in [3.8, 4) is 0 Å². The van der Waals surface area contributed by atoms with Crippen LogP contribution in [0.25, 0.3) is 0 Å². The van der Waals surface area contributed by atoms with Crippen LogP contribution in [0.2, 0.25) is 0 Å². The van der Waals surface area contributed by atoms with E-state index in [2.05, 4.69) is 83.1 Å². The second-order valence-electron chi connectivity index (χ2n) is 9.99. The minimum atomic E-state index is 0. The third kappa shape index (κ3) is 12.3. The van der Waals surface area contributed by atoms with Crippen LogP contribution >= 0.6 is 15.8 Å². The van der Waals surface area contributed by atoms with E-state index in [0.717, 1.165) is 0 Å². The van der Waals surface area contributed by atoms with E-state index >= 15 is 0 Å². The Morgan fingerprint density at radius 1 is 0.435 bits per heavy atom. The van der Waals surface area contributed by atoms with Gasteiger partial charge in [-0.05, 0) is 32.9 Å². The van der Waals surface area contributed by atoms with Crippen LogP contribution in [0, 0.1) is 0 Å². The van der Waals surface area contributed by atoms with Crippen LogP contribution in [0.5, 0.6) is 0 Å². The summed E-state index contributed by atoms with van der Waals surface area (Å²) in [5, 5.41) is 1.85. The van der Waals surface area contributed by atoms with Crippen LogP contribution in [0.1, 0.15) is 83.1 Å². The Balaban J connectivity index is -0.000000602. The van der Waals surface area contributed by atoms with Crippen LogP contribution in [-0.4, -0.2) is 32.9 Å². The van der Waals surface area contributed by atoms with E-state index in [1.807, 2.05) is 0 Å². The molecule has 0 aliphatic carbocycles. The van der Waals surface area contributed by atoms with Gasteiger partial charge in [-0.2, -0.15) is 0 Å². The number of hydrogen-bond acceptors (Lipinski definition) is 0. The van der Waals surface area contributed by atoms with Crippen LogP contribution < -0.4 is 34.0 Å². The zero-order chi connectivity index (χ0) is 16.6. The van der Waals surface area contributed by atoms with Gasteiger partial charge in [0.1, 0.15) is 0 Å². The van der Waals surface area contributed by atoms with Crippen molar-refractivity contribution in [2.24, 2.45) is 0 Å². The molecule has 0 N–H and O–H groups in total. The maximum absolute atomic E-state index is 2.44. The van der Waals surface area contributed by atoms with Gasteiger partial charge in [-0.15, -0.1) is 0 Å². The first-order valence-corrected chi connectivity index (χ1v) is 11.1. The van der Waals surface area contributed by atoms with Crippen molar-refractivity contribution < 1.29 is 50.5 Å². The Morgan fingerprint density at radius 3 is 0.652 bits per heavy atom. The van der Waals surface area contributed by atoms with Crippen LogP contribution in [0.3, 0.4) is 0 Å². The molecule has 0 nitrogen and oxygen atoms in total. The molecule has 0 radical (unpaired) electrons. The normalized spacial score (nSPS) is 13.3. The van der Waals surface area contributed by atoms with Gasteiger partial charge in [-0.25, -0.2) is 0 Å². The molecule has 0 aliphatic heterocycles. The van der Waals surface area contributed by atoms with Crippen molar-refractivity contribution in [3.05, 3.63) is 0 Å². The summed E-state index contributed by atoms with van der Waals surface area (Å²) in [7, 11) is 0.0933. The first-order valence-electron chi connectivity index (χ1n) is 8.03. The number of hydrogen-bond donors (Lipinski definition) is 0. The molecule has 0 amide bonds. The van der Waals surface area contributed by atoms with E-state index in [1.54, 1.807) is 0 Å². The average molecular weight is 537 g/mol. The van der Waals surface area contributed by atoms with Crippen molar-refractivity contribution >= 4 is 15.8 Å². The van der Waals surface area contributed by atoms with Crippen molar-refractivity contribution in [1.82, 2.24) is 0 Å². The quantitative estimate of drug-likeness (QED) is 0.375. The maximum atomic E-state index is 2.44. The zero-order valence-corrected chi connectivity index (χ0v) is 23.3. The molecule has 0 saturated heterocycles. The second-order valence-corrected chi connectivity index (χ2v) is 18.0. The Kier molecular flexibility index (Phi) is 16.1. The van der Waals surface area contributed by atoms with Gasteiger partial charge in [0.05, 0.1) is 0 Å². The molecule has 0 aromatic heterocycles. The minimum Gasteiger partial charge on any atom is -1.00 e. The fourth-order valence-corrected chi connectivity index (χ4v) is 11.9. The van der Waals surface area contributed by atoms with Gasteiger partial charge < -0.3 is 34.0 Å². The van der Waals surface area contributed by atoms with Crippen molar-refractivity contribution in [1.29, 1.82) is 0 Å². The van der Waals surface area contributed by atoms with E-state index in [1.165, 1.54) is 12.3 Å². The fraction of sp³-hybridized carbons (Fsp3) is 1.00. The van der Waals surface area contributed by atoms with E-state index in [4.69, 9.17) is 0 Å². The summed E-state index contributed by atoms with van der Waals surface area (Å²) in [4.78, 5) is 0. The van der Waals surface area contributed by atoms with Crippen molar-refractivity contribution in [3.63, 3.8) is 0 Å². The van der Waals surface area contributed by atoms with Gasteiger partial charge >= 0.3 is 16.5 Å². The number of rotatable bonds is 3. The Morgan fingerprint density at radius 2 is 0.565 bits per heavy atom. The average Bonchev–Trinajstić information content (AvgIpc) is 2.02. The first kappa shape index (κ1) is 32.9.